The van der Waals surface area contributed by atoms with E-state index < -0.39 is 0 Å². The van der Waals surface area contributed by atoms with Crippen LogP contribution in [0.15, 0.2) is 30.5 Å². The molecule has 0 unspecified atom stereocenters. The molecule has 0 radical (unpaired) electrons. The SMILES string of the molecule is Cc1cc2n(c1)CC=CC=C2. The molecule has 1 aliphatic heterocycles. The quantitative estimate of drug-likeness (QED) is 0.528. The Hall–Kier alpha value is -1.24. The summed E-state index contributed by atoms with van der Waals surface area (Å²) in [5.41, 5.74) is 2.63. The monoisotopic (exact) mass is 145 g/mol. The highest BCUT2D eigenvalue weighted by molar-refractivity contribution is 5.50. The molecule has 0 aromatic carbocycles. The Labute approximate surface area is 66.7 Å². The molecule has 2 rings (SSSR count). The van der Waals surface area contributed by atoms with Gasteiger partial charge in [-0.3, -0.25) is 0 Å². The molecule has 0 amide bonds. The Morgan fingerprint density at radius 1 is 1.36 bits per heavy atom. The number of allylic oxidation sites excluding steroid dienone is 3. The van der Waals surface area contributed by atoms with Crippen molar-refractivity contribution in [3.05, 3.63) is 41.7 Å². The summed E-state index contributed by atoms with van der Waals surface area (Å²) in [6, 6.07) is 2.20. The van der Waals surface area contributed by atoms with Crippen LogP contribution in [0.5, 0.6) is 0 Å². The van der Waals surface area contributed by atoms with Crippen molar-refractivity contribution < 1.29 is 0 Å². The van der Waals surface area contributed by atoms with Gasteiger partial charge in [0.05, 0.1) is 0 Å². The van der Waals surface area contributed by atoms with Crippen LogP contribution < -0.4 is 0 Å². The summed E-state index contributed by atoms with van der Waals surface area (Å²) in [5, 5.41) is 0. The topological polar surface area (TPSA) is 4.93 Å². The van der Waals surface area contributed by atoms with Crippen LogP contribution in [0.1, 0.15) is 11.3 Å². The summed E-state index contributed by atoms with van der Waals surface area (Å²) >= 11 is 0. The van der Waals surface area contributed by atoms with Crippen molar-refractivity contribution in [1.82, 2.24) is 4.57 Å². The van der Waals surface area contributed by atoms with E-state index in [2.05, 4.69) is 48.1 Å². The van der Waals surface area contributed by atoms with Gasteiger partial charge in [-0.15, -0.1) is 0 Å². The highest BCUT2D eigenvalue weighted by Gasteiger charge is 1.99. The molecule has 56 valence electrons. The first kappa shape index (κ1) is 6.47. The van der Waals surface area contributed by atoms with Crippen molar-refractivity contribution in [2.75, 3.05) is 0 Å². The second-order valence-electron chi connectivity index (χ2n) is 2.88. The van der Waals surface area contributed by atoms with E-state index in [0.717, 1.165) is 6.54 Å². The summed E-state index contributed by atoms with van der Waals surface area (Å²) in [7, 11) is 0. The zero-order valence-corrected chi connectivity index (χ0v) is 6.62. The lowest BCUT2D eigenvalue weighted by Gasteiger charge is -1.98. The second-order valence-corrected chi connectivity index (χ2v) is 2.88. The predicted molar refractivity (Wildman–Crippen MR) is 47.3 cm³/mol. The molecule has 1 aromatic heterocycles. The van der Waals surface area contributed by atoms with Gasteiger partial charge in [-0.25, -0.2) is 0 Å². The first-order chi connectivity index (χ1) is 5.36. The number of nitrogens with zero attached hydrogens (tertiary/aromatic N) is 1. The van der Waals surface area contributed by atoms with Crippen LogP contribution in [0.4, 0.5) is 0 Å². The Balaban J connectivity index is 2.51. The molecule has 1 aliphatic rings. The van der Waals surface area contributed by atoms with Gasteiger partial charge in [0.1, 0.15) is 0 Å². The van der Waals surface area contributed by atoms with E-state index >= 15 is 0 Å². The highest BCUT2D eigenvalue weighted by atomic mass is 15.0. The molecule has 0 aliphatic carbocycles. The van der Waals surface area contributed by atoms with E-state index in [0.29, 0.717) is 0 Å². The van der Waals surface area contributed by atoms with Gasteiger partial charge in [0, 0.05) is 18.4 Å². The first-order valence-corrected chi connectivity index (χ1v) is 3.86. The fourth-order valence-electron chi connectivity index (χ4n) is 1.38. The van der Waals surface area contributed by atoms with Crippen LogP contribution in [0.2, 0.25) is 0 Å². The third-order valence-corrected chi connectivity index (χ3v) is 1.88. The lowest BCUT2D eigenvalue weighted by molar-refractivity contribution is 0.822. The zero-order valence-electron chi connectivity index (χ0n) is 6.62. The molecule has 0 N–H and O–H groups in total. The fraction of sp³-hybridized carbons (Fsp3) is 0.200. The zero-order chi connectivity index (χ0) is 7.68. The van der Waals surface area contributed by atoms with Gasteiger partial charge in [-0.2, -0.15) is 0 Å². The average Bonchev–Trinajstić information content (AvgIpc) is 2.17. The van der Waals surface area contributed by atoms with Crippen LogP contribution in [0, 0.1) is 6.92 Å². The second kappa shape index (κ2) is 2.42. The largest absolute Gasteiger partial charge is 0.344 e. The molecular weight excluding hydrogens is 134 g/mol. The van der Waals surface area contributed by atoms with E-state index in [1.807, 2.05) is 0 Å². The van der Waals surface area contributed by atoms with Gasteiger partial charge >= 0.3 is 0 Å². The molecule has 0 fully saturated rings. The number of fused-ring (bicyclic) bond motifs is 1. The minimum Gasteiger partial charge on any atom is -0.344 e. The number of hydrogen-bond acceptors (Lipinski definition) is 0. The average molecular weight is 145 g/mol. The molecule has 1 heteroatoms. The van der Waals surface area contributed by atoms with E-state index in [-0.39, 0.29) is 0 Å². The summed E-state index contributed by atoms with van der Waals surface area (Å²) in [5.74, 6) is 0. The number of rotatable bonds is 0. The molecule has 1 aromatic rings. The predicted octanol–water partition coefficient (Wildman–Crippen LogP) is 2.38. The van der Waals surface area contributed by atoms with Crippen molar-refractivity contribution >= 4 is 6.08 Å². The fourth-order valence-corrected chi connectivity index (χ4v) is 1.38. The van der Waals surface area contributed by atoms with Crippen LogP contribution >= 0.6 is 0 Å². The van der Waals surface area contributed by atoms with Gasteiger partial charge in [-0.1, -0.05) is 18.2 Å². The van der Waals surface area contributed by atoms with Crippen LogP contribution in [-0.4, -0.2) is 4.57 Å². The smallest absolute Gasteiger partial charge is 0.0412 e. The molecule has 11 heavy (non-hydrogen) atoms. The van der Waals surface area contributed by atoms with E-state index in [1.165, 1.54) is 11.3 Å². The Kier molecular flexibility index (Phi) is 1.42. The molecule has 0 atom stereocenters. The van der Waals surface area contributed by atoms with Gasteiger partial charge in [0.25, 0.3) is 0 Å². The summed E-state index contributed by atoms with van der Waals surface area (Å²) in [6.07, 6.45) is 10.6. The van der Waals surface area contributed by atoms with Crippen molar-refractivity contribution in [2.45, 2.75) is 13.5 Å². The Morgan fingerprint density at radius 3 is 3.18 bits per heavy atom. The Bertz CT molecular complexity index is 316. The van der Waals surface area contributed by atoms with Crippen molar-refractivity contribution in [3.8, 4) is 0 Å². The molecule has 0 saturated heterocycles. The summed E-state index contributed by atoms with van der Waals surface area (Å²) in [4.78, 5) is 0. The van der Waals surface area contributed by atoms with Crippen LogP contribution in [0.25, 0.3) is 6.08 Å². The first-order valence-electron chi connectivity index (χ1n) is 3.86. The standard InChI is InChI=1S/C10H11N/c1-9-7-10-5-3-2-4-6-11(10)8-9/h2-5,7-8H,6H2,1H3. The lowest BCUT2D eigenvalue weighted by Crippen LogP contribution is -1.93. The number of hydrogen-bond donors (Lipinski definition) is 0. The molecule has 0 spiro atoms. The summed E-state index contributed by atoms with van der Waals surface area (Å²) < 4.78 is 2.25. The maximum Gasteiger partial charge on any atom is 0.0412 e. The highest BCUT2D eigenvalue weighted by Crippen LogP contribution is 2.11. The molecule has 2 heterocycles. The van der Waals surface area contributed by atoms with Crippen molar-refractivity contribution in [2.24, 2.45) is 0 Å². The van der Waals surface area contributed by atoms with Gasteiger partial charge in [-0.05, 0) is 24.6 Å². The maximum atomic E-state index is 2.25. The number of aryl methyl sites for hydroxylation is 1. The van der Waals surface area contributed by atoms with E-state index in [1.54, 1.807) is 0 Å². The molecular formula is C10H11N. The van der Waals surface area contributed by atoms with E-state index in [4.69, 9.17) is 0 Å². The minimum atomic E-state index is 0.996. The maximum absolute atomic E-state index is 2.25. The molecule has 1 nitrogen and oxygen atoms in total. The molecule has 0 bridgehead atoms. The van der Waals surface area contributed by atoms with Gasteiger partial charge in [0.15, 0.2) is 0 Å². The van der Waals surface area contributed by atoms with Gasteiger partial charge < -0.3 is 4.57 Å². The van der Waals surface area contributed by atoms with Crippen molar-refractivity contribution in [1.29, 1.82) is 0 Å². The minimum absolute atomic E-state index is 0.996. The third-order valence-electron chi connectivity index (χ3n) is 1.88. The van der Waals surface area contributed by atoms with Gasteiger partial charge in [0.2, 0.25) is 0 Å². The third kappa shape index (κ3) is 1.14. The molecule has 0 saturated carbocycles. The summed E-state index contributed by atoms with van der Waals surface area (Å²) in [6.45, 7) is 3.12. The number of aromatic nitrogens is 1. The normalized spacial score (nSPS) is 14.6. The lowest BCUT2D eigenvalue weighted by atomic mass is 10.3. The van der Waals surface area contributed by atoms with E-state index in [9.17, 15) is 0 Å². The van der Waals surface area contributed by atoms with Crippen LogP contribution in [0.3, 0.4) is 0 Å². The van der Waals surface area contributed by atoms with Crippen molar-refractivity contribution in [3.63, 3.8) is 0 Å². The van der Waals surface area contributed by atoms with Crippen LogP contribution in [-0.2, 0) is 6.54 Å². The Morgan fingerprint density at radius 2 is 2.27 bits per heavy atom.